The number of ether oxygens (including phenoxy) is 1. The Morgan fingerprint density at radius 2 is 1.79 bits per heavy atom. The van der Waals surface area contributed by atoms with Gasteiger partial charge in [-0.3, -0.25) is 4.79 Å². The highest BCUT2D eigenvalue weighted by Crippen LogP contribution is 2.36. The molecule has 0 saturated carbocycles. The van der Waals surface area contributed by atoms with E-state index >= 15 is 0 Å². The molecule has 0 bridgehead atoms. The molecule has 29 heavy (non-hydrogen) atoms. The number of nitrogens with one attached hydrogen (secondary N) is 1. The van der Waals surface area contributed by atoms with Crippen LogP contribution in [0.1, 0.15) is 12.5 Å². The summed E-state index contributed by atoms with van der Waals surface area (Å²) >= 11 is 5.54. The molecule has 2 aromatic rings. The van der Waals surface area contributed by atoms with Gasteiger partial charge in [0.1, 0.15) is 5.75 Å². The lowest BCUT2D eigenvalue weighted by molar-refractivity contribution is -0.137. The third-order valence-electron chi connectivity index (χ3n) is 3.93. The number of hydrogen-bond donors (Lipinski definition) is 1. The van der Waals surface area contributed by atoms with Gasteiger partial charge in [0, 0.05) is 12.2 Å². The summed E-state index contributed by atoms with van der Waals surface area (Å²) in [7, 11) is -2.55. The summed E-state index contributed by atoms with van der Waals surface area (Å²) < 4.78 is 70.1. The van der Waals surface area contributed by atoms with E-state index in [4.69, 9.17) is 16.3 Å². The highest BCUT2D eigenvalue weighted by atomic mass is 35.5. The van der Waals surface area contributed by atoms with E-state index in [-0.39, 0.29) is 17.1 Å². The summed E-state index contributed by atoms with van der Waals surface area (Å²) in [6.07, 6.45) is -4.69. The Hall–Kier alpha value is -2.30. The van der Waals surface area contributed by atoms with Crippen molar-refractivity contribution in [1.82, 2.24) is 4.31 Å². The molecule has 0 unspecified atom stereocenters. The van der Waals surface area contributed by atoms with Crippen molar-refractivity contribution < 1.29 is 31.1 Å². The van der Waals surface area contributed by atoms with Crippen molar-refractivity contribution in [2.75, 3.05) is 25.5 Å². The Labute approximate surface area is 171 Å². The van der Waals surface area contributed by atoms with Crippen LogP contribution in [0.2, 0.25) is 5.02 Å². The Balaban J connectivity index is 2.17. The predicted octanol–water partition coefficient (Wildman–Crippen LogP) is 4.02. The summed E-state index contributed by atoms with van der Waals surface area (Å²) in [6.45, 7) is 0.948. The smallest absolute Gasteiger partial charge is 0.417 e. The number of benzene rings is 2. The van der Waals surface area contributed by atoms with Gasteiger partial charge >= 0.3 is 6.18 Å². The van der Waals surface area contributed by atoms with E-state index < -0.39 is 39.2 Å². The molecule has 0 radical (unpaired) electrons. The third-order valence-corrected chi connectivity index (χ3v) is 6.19. The quantitative estimate of drug-likeness (QED) is 0.691. The van der Waals surface area contributed by atoms with Gasteiger partial charge in [0.25, 0.3) is 0 Å². The van der Waals surface area contributed by atoms with Crippen molar-refractivity contribution in [1.29, 1.82) is 0 Å². The second kappa shape index (κ2) is 9.02. The molecule has 2 aromatic carbocycles. The summed E-state index contributed by atoms with van der Waals surface area (Å²) in [5.41, 5.74) is -1.25. The largest absolute Gasteiger partial charge is 0.497 e. The van der Waals surface area contributed by atoms with Crippen LogP contribution >= 0.6 is 11.6 Å². The number of sulfonamides is 1. The summed E-state index contributed by atoms with van der Waals surface area (Å²) in [4.78, 5) is 12.2. The average Bonchev–Trinajstić information content (AvgIpc) is 2.66. The zero-order valence-corrected chi connectivity index (χ0v) is 17.0. The monoisotopic (exact) mass is 450 g/mol. The molecule has 11 heteroatoms. The third kappa shape index (κ3) is 5.62. The minimum Gasteiger partial charge on any atom is -0.497 e. The molecule has 6 nitrogen and oxygen atoms in total. The second-order valence-electron chi connectivity index (χ2n) is 5.85. The van der Waals surface area contributed by atoms with Crippen LogP contribution in [-0.2, 0) is 21.0 Å². The molecule has 0 aliphatic carbocycles. The fourth-order valence-electron chi connectivity index (χ4n) is 2.44. The summed E-state index contributed by atoms with van der Waals surface area (Å²) in [5, 5.41) is 1.76. The van der Waals surface area contributed by atoms with Gasteiger partial charge in [-0.2, -0.15) is 17.5 Å². The Morgan fingerprint density at radius 3 is 2.31 bits per heavy atom. The lowest BCUT2D eigenvalue weighted by Gasteiger charge is -2.20. The topological polar surface area (TPSA) is 75.7 Å². The number of likely N-dealkylation sites (N-methyl/N-ethyl adjacent to an activating group) is 1. The standard InChI is InChI=1S/C18H18ClF3N2O4S/c1-3-24(29(26,27)14-7-5-13(28-2)6-8-14)11-17(25)23-12-4-9-16(19)15(10-12)18(20,21)22/h4-10H,3,11H2,1-2H3,(H,23,25). The van der Waals surface area contributed by atoms with Gasteiger partial charge in [0.2, 0.25) is 15.9 Å². The molecule has 0 aliphatic heterocycles. The van der Waals surface area contributed by atoms with Gasteiger partial charge in [-0.15, -0.1) is 0 Å². The first-order valence-corrected chi connectivity index (χ1v) is 10.1. The van der Waals surface area contributed by atoms with Gasteiger partial charge in [-0.05, 0) is 42.5 Å². The Kier molecular flexibility index (Phi) is 7.15. The first kappa shape index (κ1) is 23.0. The van der Waals surface area contributed by atoms with E-state index in [9.17, 15) is 26.4 Å². The van der Waals surface area contributed by atoms with Gasteiger partial charge in [-0.25, -0.2) is 8.42 Å². The first-order chi connectivity index (χ1) is 13.5. The van der Waals surface area contributed by atoms with Crippen LogP contribution in [-0.4, -0.2) is 38.8 Å². The van der Waals surface area contributed by atoms with Crippen molar-refractivity contribution in [3.05, 3.63) is 53.1 Å². The van der Waals surface area contributed by atoms with Crippen LogP contribution < -0.4 is 10.1 Å². The van der Waals surface area contributed by atoms with E-state index in [1.807, 2.05) is 0 Å². The molecule has 158 valence electrons. The zero-order valence-electron chi connectivity index (χ0n) is 15.5. The molecule has 2 rings (SSSR count). The number of carbonyl (C=O) groups excluding carboxylic acids is 1. The molecular weight excluding hydrogens is 433 g/mol. The number of methoxy groups -OCH3 is 1. The molecule has 1 amide bonds. The minimum atomic E-state index is -4.69. The maximum absolute atomic E-state index is 12.9. The number of alkyl halides is 3. The van der Waals surface area contributed by atoms with Gasteiger partial charge in [0.05, 0.1) is 29.1 Å². The highest BCUT2D eigenvalue weighted by molar-refractivity contribution is 7.89. The van der Waals surface area contributed by atoms with Crippen LogP contribution in [0.25, 0.3) is 0 Å². The molecule has 0 aromatic heterocycles. The van der Waals surface area contributed by atoms with Crippen LogP contribution in [0.4, 0.5) is 18.9 Å². The SMILES string of the molecule is CCN(CC(=O)Nc1ccc(Cl)c(C(F)(F)F)c1)S(=O)(=O)c1ccc(OC)cc1. The number of rotatable bonds is 7. The molecule has 0 spiro atoms. The lowest BCUT2D eigenvalue weighted by Crippen LogP contribution is -2.37. The van der Waals surface area contributed by atoms with E-state index in [1.54, 1.807) is 6.92 Å². The normalized spacial score (nSPS) is 12.1. The average molecular weight is 451 g/mol. The zero-order chi connectivity index (χ0) is 21.8. The van der Waals surface area contributed by atoms with E-state index in [1.165, 1.54) is 37.4 Å². The maximum atomic E-state index is 12.9. The van der Waals surface area contributed by atoms with Crippen LogP contribution in [0.3, 0.4) is 0 Å². The van der Waals surface area contributed by atoms with E-state index in [0.717, 1.165) is 10.4 Å². The molecular formula is C18H18ClF3N2O4S. The highest BCUT2D eigenvalue weighted by Gasteiger charge is 2.33. The molecule has 0 saturated heterocycles. The molecule has 1 N–H and O–H groups in total. The van der Waals surface area contributed by atoms with E-state index in [0.29, 0.717) is 11.8 Å². The number of nitrogens with zero attached hydrogens (tertiary/aromatic N) is 1. The molecule has 0 heterocycles. The summed E-state index contributed by atoms with van der Waals surface area (Å²) in [6, 6.07) is 8.50. The van der Waals surface area contributed by atoms with Crippen molar-refractivity contribution in [3.63, 3.8) is 0 Å². The van der Waals surface area contributed by atoms with Crippen molar-refractivity contribution >= 4 is 33.2 Å². The molecule has 0 fully saturated rings. The van der Waals surface area contributed by atoms with Gasteiger partial charge in [-0.1, -0.05) is 18.5 Å². The van der Waals surface area contributed by atoms with Crippen molar-refractivity contribution in [3.8, 4) is 5.75 Å². The Morgan fingerprint density at radius 1 is 1.17 bits per heavy atom. The number of amides is 1. The minimum absolute atomic E-state index is 0.0177. The molecule has 0 atom stereocenters. The maximum Gasteiger partial charge on any atom is 0.417 e. The fraction of sp³-hybridized carbons (Fsp3) is 0.278. The number of carbonyl (C=O) groups is 1. The molecule has 0 aliphatic rings. The van der Waals surface area contributed by atoms with Crippen LogP contribution in [0.15, 0.2) is 47.4 Å². The Bertz CT molecular complexity index is 980. The van der Waals surface area contributed by atoms with E-state index in [2.05, 4.69) is 5.32 Å². The van der Waals surface area contributed by atoms with Crippen molar-refractivity contribution in [2.24, 2.45) is 0 Å². The van der Waals surface area contributed by atoms with Crippen LogP contribution in [0, 0.1) is 0 Å². The van der Waals surface area contributed by atoms with Gasteiger partial charge in [0.15, 0.2) is 0 Å². The lowest BCUT2D eigenvalue weighted by atomic mass is 10.2. The number of hydrogen-bond acceptors (Lipinski definition) is 4. The predicted molar refractivity (Wildman–Crippen MR) is 103 cm³/mol. The number of anilines is 1. The number of halogens is 4. The van der Waals surface area contributed by atoms with Crippen molar-refractivity contribution in [2.45, 2.75) is 18.0 Å². The summed E-state index contributed by atoms with van der Waals surface area (Å²) in [5.74, 6) is -0.327. The fourth-order valence-corrected chi connectivity index (χ4v) is 4.07. The first-order valence-electron chi connectivity index (χ1n) is 8.29. The second-order valence-corrected chi connectivity index (χ2v) is 8.19. The van der Waals surface area contributed by atoms with Gasteiger partial charge < -0.3 is 10.1 Å². The van der Waals surface area contributed by atoms with Crippen LogP contribution in [0.5, 0.6) is 5.75 Å².